The van der Waals surface area contributed by atoms with E-state index >= 15 is 0 Å². The molecular formula is C30H29N5O2S. The molecule has 0 aliphatic carbocycles. The lowest BCUT2D eigenvalue weighted by molar-refractivity contribution is -0.384. The van der Waals surface area contributed by atoms with Crippen molar-refractivity contribution in [1.29, 1.82) is 0 Å². The van der Waals surface area contributed by atoms with Gasteiger partial charge < -0.3 is 4.90 Å². The molecule has 0 saturated heterocycles. The molecule has 1 aliphatic rings. The van der Waals surface area contributed by atoms with Crippen molar-refractivity contribution in [2.75, 3.05) is 18.5 Å². The zero-order valence-electron chi connectivity index (χ0n) is 21.6. The van der Waals surface area contributed by atoms with E-state index in [-0.39, 0.29) is 16.0 Å². The highest BCUT2D eigenvalue weighted by Gasteiger charge is 2.37. The summed E-state index contributed by atoms with van der Waals surface area (Å²) in [5, 5.41) is 18.2. The lowest BCUT2D eigenvalue weighted by atomic mass is 9.84. The Morgan fingerprint density at radius 3 is 2.55 bits per heavy atom. The number of nitro groups is 1. The Morgan fingerprint density at radius 1 is 1.03 bits per heavy atom. The highest BCUT2D eigenvalue weighted by atomic mass is 32.1. The van der Waals surface area contributed by atoms with Gasteiger partial charge in [0, 0.05) is 59.7 Å². The van der Waals surface area contributed by atoms with Crippen molar-refractivity contribution in [2.45, 2.75) is 25.7 Å². The van der Waals surface area contributed by atoms with Crippen LogP contribution in [0.3, 0.4) is 0 Å². The number of hydrogen-bond donors (Lipinski definition) is 0. The lowest BCUT2D eigenvalue weighted by Gasteiger charge is -2.23. The van der Waals surface area contributed by atoms with Crippen molar-refractivity contribution < 1.29 is 4.92 Å². The van der Waals surface area contributed by atoms with Gasteiger partial charge in [0.25, 0.3) is 5.69 Å². The monoisotopic (exact) mass is 523 g/mol. The number of thiazole rings is 1. The Labute approximate surface area is 225 Å². The summed E-state index contributed by atoms with van der Waals surface area (Å²) in [6.07, 6.45) is 4.65. The van der Waals surface area contributed by atoms with Crippen LogP contribution in [0.4, 0.5) is 11.4 Å². The number of non-ortho nitro benzene ring substituents is 1. The number of aromatic nitrogens is 1. The van der Waals surface area contributed by atoms with E-state index in [1.807, 2.05) is 35.7 Å². The summed E-state index contributed by atoms with van der Waals surface area (Å²) in [5.74, 6) is 0. The molecule has 1 aromatic heterocycles. The van der Waals surface area contributed by atoms with Gasteiger partial charge in [-0.3, -0.25) is 15.1 Å². The fourth-order valence-electron chi connectivity index (χ4n) is 4.89. The molecule has 1 aliphatic heterocycles. The van der Waals surface area contributed by atoms with Crippen molar-refractivity contribution in [2.24, 2.45) is 10.1 Å². The van der Waals surface area contributed by atoms with Crippen LogP contribution in [0.2, 0.25) is 0 Å². The van der Waals surface area contributed by atoms with Crippen molar-refractivity contribution in [3.63, 3.8) is 0 Å². The number of allylic oxidation sites excluding steroid dienone is 2. The van der Waals surface area contributed by atoms with E-state index in [0.29, 0.717) is 6.54 Å². The fourth-order valence-corrected chi connectivity index (χ4v) is 5.76. The number of para-hydroxylation sites is 1. The summed E-state index contributed by atoms with van der Waals surface area (Å²) in [4.78, 5) is 18.8. The predicted molar refractivity (Wildman–Crippen MR) is 155 cm³/mol. The van der Waals surface area contributed by atoms with Gasteiger partial charge in [0.15, 0.2) is 0 Å². The van der Waals surface area contributed by atoms with Crippen LogP contribution in [-0.2, 0) is 11.8 Å². The van der Waals surface area contributed by atoms with E-state index in [1.54, 1.807) is 23.0 Å². The average molecular weight is 524 g/mol. The van der Waals surface area contributed by atoms with Gasteiger partial charge in [-0.25, -0.2) is 4.68 Å². The van der Waals surface area contributed by atoms with Crippen LogP contribution in [0.5, 0.6) is 0 Å². The summed E-state index contributed by atoms with van der Waals surface area (Å²) in [5.41, 5.74) is 6.18. The zero-order valence-corrected chi connectivity index (χ0v) is 22.4. The van der Waals surface area contributed by atoms with Gasteiger partial charge in [-0.1, -0.05) is 74.5 Å². The molecule has 0 spiro atoms. The quantitative estimate of drug-likeness (QED) is 0.159. The van der Waals surface area contributed by atoms with Crippen LogP contribution in [-0.4, -0.2) is 29.4 Å². The second kappa shape index (κ2) is 10.6. The molecule has 0 saturated carbocycles. The predicted octanol–water partition coefficient (Wildman–Crippen LogP) is 6.41. The van der Waals surface area contributed by atoms with Crippen LogP contribution in [0.25, 0.3) is 11.3 Å². The van der Waals surface area contributed by atoms with Gasteiger partial charge in [0.05, 0.1) is 10.6 Å². The number of rotatable bonds is 7. The summed E-state index contributed by atoms with van der Waals surface area (Å²) in [6.45, 7) is 5.04. The molecular weight excluding hydrogens is 494 g/mol. The number of hydrogen-bond acceptors (Lipinski definition) is 6. The minimum Gasteiger partial charge on any atom is -0.347 e. The maximum absolute atomic E-state index is 11.4. The lowest BCUT2D eigenvalue weighted by Crippen LogP contribution is -2.23. The molecule has 7 nitrogen and oxygen atoms in total. The highest BCUT2D eigenvalue weighted by Crippen LogP contribution is 2.46. The summed E-state index contributed by atoms with van der Waals surface area (Å²) < 4.78 is 1.78. The van der Waals surface area contributed by atoms with Crippen LogP contribution in [0.1, 0.15) is 25.0 Å². The first-order valence-corrected chi connectivity index (χ1v) is 13.3. The number of fused-ring (bicyclic) bond motifs is 1. The van der Waals surface area contributed by atoms with Crippen molar-refractivity contribution in [1.82, 2.24) is 4.68 Å². The van der Waals surface area contributed by atoms with Crippen LogP contribution >= 0.6 is 11.3 Å². The summed E-state index contributed by atoms with van der Waals surface area (Å²) >= 11 is 1.47. The topological polar surface area (TPSA) is 76.0 Å². The molecule has 38 heavy (non-hydrogen) atoms. The molecule has 0 atom stereocenters. The number of anilines is 1. The Hall–Kier alpha value is -4.30. The van der Waals surface area contributed by atoms with E-state index in [1.165, 1.54) is 34.2 Å². The minimum atomic E-state index is -0.380. The molecule has 4 aromatic rings. The second-order valence-corrected chi connectivity index (χ2v) is 10.5. The van der Waals surface area contributed by atoms with Crippen molar-refractivity contribution in [3.8, 4) is 11.3 Å². The van der Waals surface area contributed by atoms with Gasteiger partial charge in [-0.05, 0) is 29.7 Å². The molecule has 8 heteroatoms. The van der Waals surface area contributed by atoms with Gasteiger partial charge >= 0.3 is 0 Å². The maximum atomic E-state index is 11.4. The Balaban J connectivity index is 1.52. The minimum absolute atomic E-state index is 0.0426. The number of nitrogens with zero attached hydrogens (tertiary/aromatic N) is 5. The van der Waals surface area contributed by atoms with E-state index in [9.17, 15) is 10.1 Å². The summed E-state index contributed by atoms with van der Waals surface area (Å²) in [6, 6.07) is 25.3. The Morgan fingerprint density at radius 2 is 1.79 bits per heavy atom. The smallest absolute Gasteiger partial charge is 0.270 e. The Kier molecular flexibility index (Phi) is 7.07. The highest BCUT2D eigenvalue weighted by molar-refractivity contribution is 7.07. The molecule has 0 unspecified atom stereocenters. The van der Waals surface area contributed by atoms with E-state index in [2.05, 4.69) is 62.2 Å². The number of benzene rings is 3. The van der Waals surface area contributed by atoms with Crippen molar-refractivity contribution in [3.05, 3.63) is 122 Å². The maximum Gasteiger partial charge on any atom is 0.270 e. The molecule has 0 fully saturated rings. The third kappa shape index (κ3) is 4.95. The molecule has 0 amide bonds. The number of likely N-dealkylation sites (N-methyl/N-ethyl adjacent to an activating group) is 1. The number of nitro benzene ring substituents is 1. The van der Waals surface area contributed by atoms with E-state index < -0.39 is 0 Å². The first-order chi connectivity index (χ1) is 18.4. The van der Waals surface area contributed by atoms with Gasteiger partial charge in [0.2, 0.25) is 4.80 Å². The first-order valence-electron chi connectivity index (χ1n) is 12.4. The fraction of sp³-hybridized carbons (Fsp3) is 0.200. The van der Waals surface area contributed by atoms with E-state index in [0.717, 1.165) is 28.2 Å². The standard InChI is InChI=1S/C30H29N5O2S/c1-30(2)25-14-7-8-15-26(25)33(3)28(30)17-19-32-34-27(23-12-9-13-24(20-23)35(36)37)21-38-29(34)31-18-16-22-10-5-4-6-11-22/h4-15,17,19-21H,16,18H2,1-3H3. The van der Waals surface area contributed by atoms with Gasteiger partial charge in [-0.15, -0.1) is 11.3 Å². The second-order valence-electron chi connectivity index (χ2n) is 9.66. The normalized spacial score (nSPS) is 15.9. The molecule has 5 rings (SSSR count). The largest absolute Gasteiger partial charge is 0.347 e. The van der Waals surface area contributed by atoms with E-state index in [4.69, 9.17) is 10.1 Å². The third-order valence-electron chi connectivity index (χ3n) is 6.88. The van der Waals surface area contributed by atoms with Gasteiger partial charge in [-0.2, -0.15) is 5.10 Å². The Bertz CT molecular complexity index is 1600. The van der Waals surface area contributed by atoms with Crippen LogP contribution < -0.4 is 9.70 Å². The summed E-state index contributed by atoms with van der Waals surface area (Å²) in [7, 11) is 2.07. The zero-order chi connectivity index (χ0) is 26.7. The molecule has 192 valence electrons. The van der Waals surface area contributed by atoms with Crippen molar-refractivity contribution >= 4 is 28.9 Å². The van der Waals surface area contributed by atoms with Crippen LogP contribution in [0.15, 0.2) is 106 Å². The molecule has 0 bridgehead atoms. The first kappa shape index (κ1) is 25.4. The molecule has 0 radical (unpaired) electrons. The molecule has 3 aromatic carbocycles. The third-order valence-corrected chi connectivity index (χ3v) is 7.74. The average Bonchev–Trinajstić information content (AvgIpc) is 3.41. The molecule has 2 heterocycles. The SMILES string of the molecule is CN1C(=CC=Nn2c(-c3cccc([N+](=O)[O-])c3)csc2=NCCc2ccccc2)C(C)(C)c2ccccc21. The van der Waals surface area contributed by atoms with Crippen LogP contribution in [0, 0.1) is 10.1 Å². The van der Waals surface area contributed by atoms with Gasteiger partial charge in [0.1, 0.15) is 0 Å². The molecule has 0 N–H and O–H groups in total.